The Bertz CT molecular complexity index is 670. The van der Waals surface area contributed by atoms with Gasteiger partial charge in [-0.3, -0.25) is 0 Å². The van der Waals surface area contributed by atoms with Crippen molar-refractivity contribution in [2.75, 3.05) is 0 Å². The summed E-state index contributed by atoms with van der Waals surface area (Å²) in [6, 6.07) is 7.81. The second-order valence-electron chi connectivity index (χ2n) is 4.51. The van der Waals surface area contributed by atoms with Crippen LogP contribution in [0.3, 0.4) is 0 Å². The summed E-state index contributed by atoms with van der Waals surface area (Å²) in [5, 5.41) is 0.474. The van der Waals surface area contributed by atoms with E-state index in [9.17, 15) is 9.46 Å². The van der Waals surface area contributed by atoms with Crippen LogP contribution in [0.4, 0.5) is 0 Å². The third-order valence-electron chi connectivity index (χ3n) is 3.21. The Balaban J connectivity index is 0.00000110. The van der Waals surface area contributed by atoms with Crippen molar-refractivity contribution in [1.29, 1.82) is 0 Å². The first-order chi connectivity index (χ1) is 9.08. The first kappa shape index (κ1) is 18.8. The Hall–Kier alpha value is -0.276. The molecule has 0 aliphatic heterocycles. The molecule has 2 atom stereocenters. The number of halogens is 2. The molecule has 2 aliphatic carbocycles. The Kier molecular flexibility index (Phi) is 6.55. The maximum absolute atomic E-state index is 12.4. The van der Waals surface area contributed by atoms with E-state index >= 15 is 0 Å². The summed E-state index contributed by atoms with van der Waals surface area (Å²) < 4.78 is 17.7. The molecule has 1 N–H and O–H groups in total. The van der Waals surface area contributed by atoms with E-state index < -0.39 is 7.60 Å². The Morgan fingerprint density at radius 3 is 2.62 bits per heavy atom. The van der Waals surface area contributed by atoms with Crippen LogP contribution in [0.5, 0.6) is 0 Å². The second-order valence-corrected chi connectivity index (χ2v) is 7.15. The molecule has 0 saturated carbocycles. The zero-order chi connectivity index (χ0) is 13.5. The SMILES string of the molecule is O=P(O)(OC1=CC=CC1)C1=Cc2ccccc2[CH]1[Ti+2].[Cl-].[Cl-]. The fourth-order valence-electron chi connectivity index (χ4n) is 2.26. The molecule has 0 aromatic heterocycles. The van der Waals surface area contributed by atoms with Crippen LogP contribution in [0.2, 0.25) is 0 Å². The van der Waals surface area contributed by atoms with Gasteiger partial charge in [-0.15, -0.1) is 0 Å². The zero-order valence-corrected chi connectivity index (χ0v) is 14.8. The molecule has 1 aromatic carbocycles. The molecule has 0 radical (unpaired) electrons. The van der Waals surface area contributed by atoms with Gasteiger partial charge in [-0.25, -0.2) is 0 Å². The van der Waals surface area contributed by atoms with Crippen molar-refractivity contribution >= 4 is 13.7 Å². The molecule has 1 aromatic rings. The van der Waals surface area contributed by atoms with Crippen molar-refractivity contribution in [3.8, 4) is 0 Å². The van der Waals surface area contributed by atoms with Gasteiger partial charge in [-0.05, 0) is 0 Å². The average molecular weight is 378 g/mol. The molecule has 7 heteroatoms. The molecule has 0 spiro atoms. The minimum absolute atomic E-state index is 0. The third kappa shape index (κ3) is 3.74. The number of hydrogen-bond acceptors (Lipinski definition) is 2. The predicted molar refractivity (Wildman–Crippen MR) is 69.9 cm³/mol. The van der Waals surface area contributed by atoms with Crippen molar-refractivity contribution in [3.63, 3.8) is 0 Å². The van der Waals surface area contributed by atoms with Crippen molar-refractivity contribution in [2.45, 2.75) is 10.6 Å². The quantitative estimate of drug-likeness (QED) is 0.475. The zero-order valence-electron chi connectivity index (χ0n) is 10.9. The van der Waals surface area contributed by atoms with E-state index in [1.165, 1.54) is 0 Å². The molecule has 3 nitrogen and oxygen atoms in total. The van der Waals surface area contributed by atoms with E-state index in [4.69, 9.17) is 4.52 Å². The summed E-state index contributed by atoms with van der Waals surface area (Å²) in [7, 11) is -3.78. The Morgan fingerprint density at radius 1 is 1.29 bits per heavy atom. The van der Waals surface area contributed by atoms with E-state index in [2.05, 4.69) is 0 Å². The molecule has 21 heavy (non-hydrogen) atoms. The van der Waals surface area contributed by atoms with Crippen LogP contribution in [0.25, 0.3) is 6.08 Å². The van der Waals surface area contributed by atoms with Gasteiger partial charge in [0.2, 0.25) is 0 Å². The fourth-order valence-corrected chi connectivity index (χ4v) is 4.89. The van der Waals surface area contributed by atoms with Crippen LogP contribution in [0, 0.1) is 0 Å². The summed E-state index contributed by atoms with van der Waals surface area (Å²) >= 11 is 1.94. The molecule has 2 unspecified atom stereocenters. The van der Waals surface area contributed by atoms with Crippen LogP contribution in [0.1, 0.15) is 21.8 Å². The van der Waals surface area contributed by atoms with Crippen LogP contribution in [-0.4, -0.2) is 4.89 Å². The maximum Gasteiger partial charge on any atom is -1.00 e. The predicted octanol–water partition coefficient (Wildman–Crippen LogP) is -2.32. The van der Waals surface area contributed by atoms with E-state index in [1.807, 2.05) is 56.9 Å². The Morgan fingerprint density at radius 2 is 2.00 bits per heavy atom. The van der Waals surface area contributed by atoms with Crippen LogP contribution in [-0.2, 0) is 29.5 Å². The van der Waals surface area contributed by atoms with Gasteiger partial charge in [-0.1, -0.05) is 0 Å². The largest absolute Gasteiger partial charge is 1.00 e. The van der Waals surface area contributed by atoms with Crippen LogP contribution >= 0.6 is 7.60 Å². The van der Waals surface area contributed by atoms with Gasteiger partial charge >= 0.3 is 123 Å². The van der Waals surface area contributed by atoms with Gasteiger partial charge < -0.3 is 24.8 Å². The van der Waals surface area contributed by atoms with Gasteiger partial charge in [0.1, 0.15) is 0 Å². The summed E-state index contributed by atoms with van der Waals surface area (Å²) in [5.41, 5.74) is 2.08. The van der Waals surface area contributed by atoms with E-state index in [-0.39, 0.29) is 29.0 Å². The molecule has 0 heterocycles. The molecular weight excluding hydrogens is 366 g/mol. The van der Waals surface area contributed by atoms with E-state index in [0.717, 1.165) is 11.1 Å². The minimum Gasteiger partial charge on any atom is -1.00 e. The van der Waals surface area contributed by atoms with Gasteiger partial charge in [0.15, 0.2) is 0 Å². The Labute approximate surface area is 147 Å². The van der Waals surface area contributed by atoms with E-state index in [0.29, 0.717) is 17.5 Å². The van der Waals surface area contributed by atoms with Crippen molar-refractivity contribution in [2.24, 2.45) is 0 Å². The fraction of sp³-hybridized carbons (Fsp3) is 0.143. The first-order valence-electron chi connectivity index (χ1n) is 5.98. The van der Waals surface area contributed by atoms with Crippen LogP contribution < -0.4 is 24.8 Å². The number of benzene rings is 1. The number of hydrogen-bond donors (Lipinski definition) is 1. The monoisotopic (exact) mass is 377 g/mol. The molecule has 0 saturated heterocycles. The summed E-state index contributed by atoms with van der Waals surface area (Å²) in [5.74, 6) is 0.551. The van der Waals surface area contributed by atoms with E-state index in [1.54, 1.807) is 12.2 Å². The summed E-state index contributed by atoms with van der Waals surface area (Å²) in [4.78, 5) is 10.2. The molecule has 2 aliphatic rings. The van der Waals surface area contributed by atoms with Crippen molar-refractivity contribution in [1.82, 2.24) is 0 Å². The van der Waals surface area contributed by atoms with Gasteiger partial charge in [0.05, 0.1) is 0 Å². The standard InChI is InChI=1S/C14H12O3P.2ClH.Ti/c15-18(16,17-13-7-3-4-8-13)14-9-11-5-1-2-6-12(11)10-14;;;/h1-7,9-10H,8H2,(H,15,16);2*1H;/q;;;+2/p-2. The van der Waals surface area contributed by atoms with Gasteiger partial charge in [0, 0.05) is 0 Å². The molecular formula is C14H12Cl2O3PTi. The number of allylic oxidation sites excluding steroid dienone is 4. The molecule has 109 valence electrons. The van der Waals surface area contributed by atoms with Crippen molar-refractivity contribution < 1.29 is 59.2 Å². The molecule has 0 amide bonds. The summed E-state index contributed by atoms with van der Waals surface area (Å²) in [6.07, 6.45) is 7.83. The third-order valence-corrected chi connectivity index (χ3v) is 6.08. The summed E-state index contributed by atoms with van der Waals surface area (Å²) in [6.45, 7) is 0. The minimum atomic E-state index is -3.78. The average Bonchev–Trinajstić information content (AvgIpc) is 2.98. The van der Waals surface area contributed by atoms with Crippen LogP contribution in [0.15, 0.2) is 53.6 Å². The smallest absolute Gasteiger partial charge is 1.00 e. The van der Waals surface area contributed by atoms with Gasteiger partial charge in [-0.2, -0.15) is 0 Å². The number of rotatable bonds is 3. The second kappa shape index (κ2) is 7.33. The maximum atomic E-state index is 12.4. The normalized spacial score (nSPS) is 21.4. The van der Waals surface area contributed by atoms with Crippen molar-refractivity contribution in [3.05, 3.63) is 64.7 Å². The molecule has 3 rings (SSSR count). The first-order valence-corrected chi connectivity index (χ1v) is 8.46. The molecule has 0 fully saturated rings. The topological polar surface area (TPSA) is 46.5 Å². The molecule has 0 bridgehead atoms. The van der Waals surface area contributed by atoms with Gasteiger partial charge in [0.25, 0.3) is 0 Å². The number of fused-ring (bicyclic) bond motifs is 1.